The Kier molecular flexibility index (Phi) is 6.21. The van der Waals surface area contributed by atoms with Gasteiger partial charge in [-0.25, -0.2) is 0 Å². The number of carbonyl (C=O) groups is 2. The Balaban J connectivity index is 4.19. The summed E-state index contributed by atoms with van der Waals surface area (Å²) in [4.78, 5) is 23.3. The average Bonchev–Trinajstić information content (AvgIpc) is 2.18. The van der Waals surface area contributed by atoms with Crippen molar-refractivity contribution in [1.82, 2.24) is 0 Å². The minimum Gasteiger partial charge on any atom is -0.465 e. The number of Topliss-reactive ketones (excluding diaryl/α,β-unsaturated/α-hetero) is 1. The molecule has 0 saturated heterocycles. The Hall–Kier alpha value is -0.860. The fourth-order valence-electron chi connectivity index (χ4n) is 1.27. The average molecular weight is 214 g/mol. The zero-order valence-electron chi connectivity index (χ0n) is 10.3. The van der Waals surface area contributed by atoms with Gasteiger partial charge in [0.25, 0.3) is 0 Å². The lowest BCUT2D eigenvalue weighted by molar-refractivity contribution is -0.157. The number of hydrogen-bond acceptors (Lipinski definition) is 3. The highest BCUT2D eigenvalue weighted by atomic mass is 16.5. The van der Waals surface area contributed by atoms with E-state index in [0.717, 1.165) is 19.3 Å². The van der Waals surface area contributed by atoms with Crippen molar-refractivity contribution in [2.24, 2.45) is 5.41 Å². The Labute approximate surface area is 92.2 Å². The smallest absolute Gasteiger partial charge is 0.319 e. The van der Waals surface area contributed by atoms with Crippen LogP contribution in [-0.4, -0.2) is 18.4 Å². The van der Waals surface area contributed by atoms with Crippen LogP contribution in [0.5, 0.6) is 0 Å². The molecule has 0 aromatic heterocycles. The summed E-state index contributed by atoms with van der Waals surface area (Å²) in [6, 6.07) is 0. The van der Waals surface area contributed by atoms with Gasteiger partial charge in [0, 0.05) is 6.42 Å². The van der Waals surface area contributed by atoms with Gasteiger partial charge in [-0.3, -0.25) is 9.59 Å². The number of ketones is 1. The van der Waals surface area contributed by atoms with Crippen LogP contribution in [0, 0.1) is 5.41 Å². The van der Waals surface area contributed by atoms with E-state index in [4.69, 9.17) is 4.74 Å². The molecule has 0 aliphatic carbocycles. The molecule has 0 fully saturated rings. The van der Waals surface area contributed by atoms with Crippen LogP contribution in [0.4, 0.5) is 0 Å². The fraction of sp³-hybridized carbons (Fsp3) is 0.833. The first-order valence-electron chi connectivity index (χ1n) is 5.67. The van der Waals surface area contributed by atoms with Crippen molar-refractivity contribution in [3.63, 3.8) is 0 Å². The van der Waals surface area contributed by atoms with E-state index in [1.807, 2.05) is 0 Å². The highest BCUT2D eigenvalue weighted by Gasteiger charge is 2.36. The number of hydrogen-bond donors (Lipinski definition) is 0. The summed E-state index contributed by atoms with van der Waals surface area (Å²) >= 11 is 0. The van der Waals surface area contributed by atoms with Gasteiger partial charge in [0.2, 0.25) is 0 Å². The molecular formula is C12H22O3. The van der Waals surface area contributed by atoms with Crippen molar-refractivity contribution in [1.29, 1.82) is 0 Å². The molecule has 0 rings (SSSR count). The monoisotopic (exact) mass is 214 g/mol. The minimum absolute atomic E-state index is 0.0191. The number of ether oxygens (including phenoxy) is 1. The zero-order chi connectivity index (χ0) is 11.9. The molecule has 0 aromatic carbocycles. The van der Waals surface area contributed by atoms with Crippen LogP contribution >= 0.6 is 0 Å². The zero-order valence-corrected chi connectivity index (χ0v) is 10.3. The van der Waals surface area contributed by atoms with Crippen LogP contribution in [0.3, 0.4) is 0 Å². The van der Waals surface area contributed by atoms with Gasteiger partial charge in [0.05, 0.1) is 6.61 Å². The van der Waals surface area contributed by atoms with Crippen LogP contribution < -0.4 is 0 Å². The van der Waals surface area contributed by atoms with Crippen molar-refractivity contribution in [3.05, 3.63) is 0 Å². The minimum atomic E-state index is -0.982. The van der Waals surface area contributed by atoms with Crippen molar-refractivity contribution >= 4 is 11.8 Å². The van der Waals surface area contributed by atoms with E-state index in [2.05, 4.69) is 6.92 Å². The summed E-state index contributed by atoms with van der Waals surface area (Å²) in [6.45, 7) is 7.43. The Morgan fingerprint density at radius 1 is 1.13 bits per heavy atom. The molecule has 0 heterocycles. The predicted molar refractivity (Wildman–Crippen MR) is 59.6 cm³/mol. The summed E-state index contributed by atoms with van der Waals surface area (Å²) in [5, 5.41) is 0. The topological polar surface area (TPSA) is 43.4 Å². The maximum atomic E-state index is 11.8. The summed E-state index contributed by atoms with van der Waals surface area (Å²) in [5.41, 5.74) is -0.982. The molecule has 3 nitrogen and oxygen atoms in total. The summed E-state index contributed by atoms with van der Waals surface area (Å²) in [7, 11) is 0. The molecule has 0 aliphatic rings. The van der Waals surface area contributed by atoms with Gasteiger partial charge in [-0.15, -0.1) is 0 Å². The third kappa shape index (κ3) is 4.45. The van der Waals surface area contributed by atoms with Gasteiger partial charge in [0.15, 0.2) is 0 Å². The molecule has 88 valence electrons. The van der Waals surface area contributed by atoms with Gasteiger partial charge in [-0.05, 0) is 27.2 Å². The standard InChI is InChI=1S/C12H22O3/c1-5-7-8-9-10(13)12(3,4)11(14)15-6-2/h5-9H2,1-4H3. The summed E-state index contributed by atoms with van der Waals surface area (Å²) in [6.07, 6.45) is 3.44. The summed E-state index contributed by atoms with van der Waals surface area (Å²) in [5.74, 6) is -0.430. The lowest BCUT2D eigenvalue weighted by Gasteiger charge is -2.20. The SMILES string of the molecule is CCCCCC(=O)C(C)(C)C(=O)OCC. The van der Waals surface area contributed by atoms with E-state index in [9.17, 15) is 9.59 Å². The Bertz CT molecular complexity index is 219. The third-order valence-corrected chi connectivity index (χ3v) is 2.49. The number of carbonyl (C=O) groups excluding carboxylic acids is 2. The third-order valence-electron chi connectivity index (χ3n) is 2.49. The van der Waals surface area contributed by atoms with E-state index in [1.165, 1.54) is 0 Å². The fourth-order valence-corrected chi connectivity index (χ4v) is 1.27. The highest BCUT2D eigenvalue weighted by Crippen LogP contribution is 2.22. The molecule has 0 aromatic rings. The molecule has 0 atom stereocenters. The molecule has 3 heteroatoms. The van der Waals surface area contributed by atoms with Gasteiger partial charge in [-0.1, -0.05) is 19.8 Å². The molecule has 0 radical (unpaired) electrons. The Morgan fingerprint density at radius 2 is 1.73 bits per heavy atom. The van der Waals surface area contributed by atoms with Crippen molar-refractivity contribution in [2.45, 2.75) is 53.4 Å². The molecule has 0 spiro atoms. The van der Waals surface area contributed by atoms with Crippen LogP contribution in [-0.2, 0) is 14.3 Å². The second kappa shape index (κ2) is 6.59. The van der Waals surface area contributed by atoms with Gasteiger partial charge >= 0.3 is 5.97 Å². The van der Waals surface area contributed by atoms with Crippen LogP contribution in [0.1, 0.15) is 53.4 Å². The van der Waals surface area contributed by atoms with Gasteiger partial charge in [-0.2, -0.15) is 0 Å². The molecule has 0 saturated carbocycles. The van der Waals surface area contributed by atoms with E-state index in [0.29, 0.717) is 13.0 Å². The summed E-state index contributed by atoms with van der Waals surface area (Å²) < 4.78 is 4.87. The normalized spacial score (nSPS) is 11.2. The Morgan fingerprint density at radius 3 is 2.20 bits per heavy atom. The highest BCUT2D eigenvalue weighted by molar-refractivity contribution is 6.02. The lowest BCUT2D eigenvalue weighted by Crippen LogP contribution is -2.35. The van der Waals surface area contributed by atoms with Gasteiger partial charge < -0.3 is 4.74 Å². The second-order valence-corrected chi connectivity index (χ2v) is 4.23. The molecule has 0 amide bonds. The molecule has 15 heavy (non-hydrogen) atoms. The van der Waals surface area contributed by atoms with E-state index in [-0.39, 0.29) is 5.78 Å². The first kappa shape index (κ1) is 14.1. The van der Waals surface area contributed by atoms with E-state index < -0.39 is 11.4 Å². The quantitative estimate of drug-likeness (QED) is 0.372. The maximum Gasteiger partial charge on any atom is 0.319 e. The van der Waals surface area contributed by atoms with Crippen LogP contribution in [0.25, 0.3) is 0 Å². The van der Waals surface area contributed by atoms with E-state index >= 15 is 0 Å². The maximum absolute atomic E-state index is 11.8. The van der Waals surface area contributed by atoms with E-state index in [1.54, 1.807) is 20.8 Å². The predicted octanol–water partition coefficient (Wildman–Crippen LogP) is 2.73. The van der Waals surface area contributed by atoms with Crippen LogP contribution in [0.15, 0.2) is 0 Å². The molecule has 0 bridgehead atoms. The first-order chi connectivity index (χ1) is 6.96. The van der Waals surface area contributed by atoms with Crippen LogP contribution in [0.2, 0.25) is 0 Å². The number of unbranched alkanes of at least 4 members (excludes halogenated alkanes) is 2. The molecular weight excluding hydrogens is 192 g/mol. The number of rotatable bonds is 7. The van der Waals surface area contributed by atoms with Crippen molar-refractivity contribution in [3.8, 4) is 0 Å². The van der Waals surface area contributed by atoms with Gasteiger partial charge in [0.1, 0.15) is 11.2 Å². The molecule has 0 unspecified atom stereocenters. The molecule has 0 aliphatic heterocycles. The second-order valence-electron chi connectivity index (χ2n) is 4.23. The largest absolute Gasteiger partial charge is 0.465 e. The first-order valence-corrected chi connectivity index (χ1v) is 5.67. The van der Waals surface area contributed by atoms with Crippen molar-refractivity contribution < 1.29 is 14.3 Å². The van der Waals surface area contributed by atoms with Crippen molar-refractivity contribution in [2.75, 3.05) is 6.61 Å². The molecule has 0 N–H and O–H groups in total. The lowest BCUT2D eigenvalue weighted by atomic mass is 9.85. The number of esters is 1.